The molecule has 2 rings (SSSR count). The van der Waals surface area contributed by atoms with Crippen LogP contribution in [0.4, 0.5) is 5.69 Å². The molecule has 0 unspecified atom stereocenters. The minimum Gasteiger partial charge on any atom is -0.508 e. The Labute approximate surface area is 124 Å². The van der Waals surface area contributed by atoms with Crippen LogP contribution in [0.2, 0.25) is 0 Å². The van der Waals surface area contributed by atoms with Crippen LogP contribution in [0.5, 0.6) is 5.75 Å². The van der Waals surface area contributed by atoms with Crippen LogP contribution in [0.25, 0.3) is 0 Å². The van der Waals surface area contributed by atoms with E-state index in [1.54, 1.807) is 34.9 Å². The summed E-state index contributed by atoms with van der Waals surface area (Å²) in [7, 11) is 0. The molecule has 1 aromatic rings. The Kier molecular flexibility index (Phi) is 5.73. The van der Waals surface area contributed by atoms with E-state index in [4.69, 9.17) is 0 Å². The van der Waals surface area contributed by atoms with Gasteiger partial charge in [-0.25, -0.2) is 0 Å². The van der Waals surface area contributed by atoms with Crippen LogP contribution in [0.15, 0.2) is 24.3 Å². The third-order valence-electron chi connectivity index (χ3n) is 3.49. The Bertz CT molecular complexity index is 447. The van der Waals surface area contributed by atoms with Crippen molar-refractivity contribution in [2.24, 2.45) is 0 Å². The van der Waals surface area contributed by atoms with Crippen LogP contribution in [-0.2, 0) is 4.79 Å². The lowest BCUT2D eigenvalue weighted by Crippen LogP contribution is -2.34. The maximum absolute atomic E-state index is 12.3. The summed E-state index contributed by atoms with van der Waals surface area (Å²) >= 11 is 1.75. The maximum Gasteiger partial charge on any atom is 0.236 e. The largest absolute Gasteiger partial charge is 0.508 e. The van der Waals surface area contributed by atoms with E-state index in [1.807, 2.05) is 13.0 Å². The minimum absolute atomic E-state index is 0.113. The van der Waals surface area contributed by atoms with Gasteiger partial charge in [0, 0.05) is 23.5 Å². The first-order chi connectivity index (χ1) is 9.70. The molecule has 20 heavy (non-hydrogen) atoms. The number of phenols is 1. The molecule has 0 aliphatic carbocycles. The van der Waals surface area contributed by atoms with Gasteiger partial charge in [-0.3, -0.25) is 4.79 Å². The molecule has 1 saturated heterocycles. The summed E-state index contributed by atoms with van der Waals surface area (Å²) in [4.78, 5) is 14.1. The fourth-order valence-electron chi connectivity index (χ4n) is 2.39. The highest BCUT2D eigenvalue weighted by molar-refractivity contribution is 8.00. The van der Waals surface area contributed by atoms with Crippen LogP contribution >= 0.6 is 11.8 Å². The third kappa shape index (κ3) is 4.15. The number of nitrogens with zero attached hydrogens (tertiary/aromatic N) is 1. The Morgan fingerprint density at radius 3 is 2.85 bits per heavy atom. The van der Waals surface area contributed by atoms with Gasteiger partial charge in [0.15, 0.2) is 0 Å². The first-order valence-corrected chi connectivity index (χ1v) is 8.17. The molecule has 4 nitrogen and oxygen atoms in total. The van der Waals surface area contributed by atoms with Crippen LogP contribution in [-0.4, -0.2) is 41.7 Å². The van der Waals surface area contributed by atoms with Crippen LogP contribution in [0.3, 0.4) is 0 Å². The fourth-order valence-corrected chi connectivity index (χ4v) is 3.50. The van der Waals surface area contributed by atoms with E-state index in [1.165, 1.54) is 0 Å². The summed E-state index contributed by atoms with van der Waals surface area (Å²) in [5.41, 5.74) is 0.767. The molecule has 1 amide bonds. The third-order valence-corrected chi connectivity index (χ3v) is 4.84. The summed E-state index contributed by atoms with van der Waals surface area (Å²) in [6.45, 7) is 4.68. The van der Waals surface area contributed by atoms with E-state index in [-0.39, 0.29) is 11.7 Å². The van der Waals surface area contributed by atoms with E-state index in [0.29, 0.717) is 17.5 Å². The van der Waals surface area contributed by atoms with E-state index in [0.717, 1.165) is 31.6 Å². The summed E-state index contributed by atoms with van der Waals surface area (Å²) in [5.74, 6) is 0.815. The van der Waals surface area contributed by atoms with Gasteiger partial charge >= 0.3 is 0 Å². The van der Waals surface area contributed by atoms with E-state index in [2.05, 4.69) is 5.32 Å². The highest BCUT2D eigenvalue weighted by Crippen LogP contribution is 2.24. The van der Waals surface area contributed by atoms with Gasteiger partial charge in [0.05, 0.1) is 5.75 Å². The van der Waals surface area contributed by atoms with Gasteiger partial charge in [-0.2, -0.15) is 0 Å². The van der Waals surface area contributed by atoms with Gasteiger partial charge in [-0.1, -0.05) is 6.07 Å². The molecule has 1 aliphatic rings. The number of carbonyl (C=O) groups is 1. The normalized spacial score (nSPS) is 16.1. The number of thioether (sulfide) groups is 1. The van der Waals surface area contributed by atoms with Gasteiger partial charge < -0.3 is 15.3 Å². The number of amides is 1. The number of nitrogens with one attached hydrogen (secondary N) is 1. The van der Waals surface area contributed by atoms with Crippen molar-refractivity contribution in [3.05, 3.63) is 24.3 Å². The number of rotatable bonds is 5. The highest BCUT2D eigenvalue weighted by Gasteiger charge is 2.18. The smallest absolute Gasteiger partial charge is 0.236 e. The second-order valence-corrected chi connectivity index (χ2v) is 6.21. The molecule has 0 atom stereocenters. The number of hydrogen-bond acceptors (Lipinski definition) is 4. The summed E-state index contributed by atoms with van der Waals surface area (Å²) in [5, 5.41) is 13.4. The number of aromatic hydroxyl groups is 1. The predicted octanol–water partition coefficient (Wildman–Crippen LogP) is 2.23. The second-order valence-electron chi connectivity index (χ2n) is 4.92. The molecule has 5 heteroatoms. The van der Waals surface area contributed by atoms with E-state index >= 15 is 0 Å². The minimum atomic E-state index is 0.113. The number of anilines is 1. The molecule has 0 aromatic heterocycles. The fraction of sp³-hybridized carbons (Fsp3) is 0.533. The van der Waals surface area contributed by atoms with Crippen molar-refractivity contribution in [3.63, 3.8) is 0 Å². The molecule has 1 aromatic carbocycles. The van der Waals surface area contributed by atoms with Crippen molar-refractivity contribution < 1.29 is 9.90 Å². The predicted molar refractivity (Wildman–Crippen MR) is 84.5 cm³/mol. The highest BCUT2D eigenvalue weighted by atomic mass is 32.2. The molecule has 0 spiro atoms. The monoisotopic (exact) mass is 294 g/mol. The first kappa shape index (κ1) is 15.2. The molecule has 1 fully saturated rings. The molecule has 2 N–H and O–H groups in total. The molecule has 1 aliphatic heterocycles. The zero-order chi connectivity index (χ0) is 14.4. The number of phenolic OH excluding ortho intramolecular Hbond substituents is 1. The van der Waals surface area contributed by atoms with E-state index in [9.17, 15) is 9.90 Å². The summed E-state index contributed by atoms with van der Waals surface area (Å²) in [6, 6.07) is 6.87. The lowest BCUT2D eigenvalue weighted by Gasteiger charge is -2.24. The Morgan fingerprint density at radius 2 is 2.20 bits per heavy atom. The molecule has 1 heterocycles. The Hall–Kier alpha value is -1.20. The zero-order valence-corrected chi connectivity index (χ0v) is 12.7. The lowest BCUT2D eigenvalue weighted by molar-refractivity contribution is -0.116. The van der Waals surface area contributed by atoms with E-state index < -0.39 is 0 Å². The topological polar surface area (TPSA) is 52.6 Å². The van der Waals surface area contributed by atoms with Gasteiger partial charge in [0.25, 0.3) is 0 Å². The maximum atomic E-state index is 12.3. The molecule has 110 valence electrons. The number of carbonyl (C=O) groups excluding carboxylic acids is 1. The van der Waals surface area contributed by atoms with Crippen molar-refractivity contribution in [2.75, 3.05) is 30.3 Å². The van der Waals surface area contributed by atoms with Crippen molar-refractivity contribution in [1.29, 1.82) is 0 Å². The van der Waals surface area contributed by atoms with Gasteiger partial charge in [-0.05, 0) is 45.0 Å². The SMILES string of the molecule is CCN(C(=O)CSC1CCNCC1)c1cccc(O)c1. The van der Waals surface area contributed by atoms with Crippen LogP contribution in [0, 0.1) is 0 Å². The molecular weight excluding hydrogens is 272 g/mol. The molecule has 0 bridgehead atoms. The molecule has 0 saturated carbocycles. The number of piperidine rings is 1. The van der Waals surface area contributed by atoms with Crippen molar-refractivity contribution >= 4 is 23.4 Å². The average Bonchev–Trinajstić information content (AvgIpc) is 2.47. The molecule has 0 radical (unpaired) electrons. The van der Waals surface area contributed by atoms with Crippen LogP contribution < -0.4 is 10.2 Å². The summed E-state index contributed by atoms with van der Waals surface area (Å²) in [6.07, 6.45) is 2.27. The molecular formula is C15H22N2O2S. The Balaban J connectivity index is 1.91. The second kappa shape index (κ2) is 7.55. The Morgan fingerprint density at radius 1 is 1.45 bits per heavy atom. The summed E-state index contributed by atoms with van der Waals surface area (Å²) < 4.78 is 0. The van der Waals surface area contributed by atoms with Gasteiger partial charge in [0.2, 0.25) is 5.91 Å². The standard InChI is InChI=1S/C15H22N2O2S/c1-2-17(12-4-3-5-13(18)10-12)15(19)11-20-14-6-8-16-9-7-14/h3-5,10,14,16,18H,2,6-9,11H2,1H3. The lowest BCUT2D eigenvalue weighted by atomic mass is 10.2. The van der Waals surface area contributed by atoms with Crippen LogP contribution in [0.1, 0.15) is 19.8 Å². The number of hydrogen-bond donors (Lipinski definition) is 2. The van der Waals surface area contributed by atoms with Gasteiger partial charge in [0.1, 0.15) is 5.75 Å². The van der Waals surface area contributed by atoms with Crippen molar-refractivity contribution in [1.82, 2.24) is 5.32 Å². The zero-order valence-electron chi connectivity index (χ0n) is 11.8. The van der Waals surface area contributed by atoms with Crippen molar-refractivity contribution in [3.8, 4) is 5.75 Å². The number of benzene rings is 1. The average molecular weight is 294 g/mol. The quantitative estimate of drug-likeness (QED) is 0.874. The first-order valence-electron chi connectivity index (χ1n) is 7.12. The van der Waals surface area contributed by atoms with Gasteiger partial charge in [-0.15, -0.1) is 11.8 Å². The van der Waals surface area contributed by atoms with Crippen molar-refractivity contribution in [2.45, 2.75) is 25.0 Å².